The molecule has 1 heterocycles. The largest absolute Gasteiger partial charge is 0.244 e. The summed E-state index contributed by atoms with van der Waals surface area (Å²) in [6, 6.07) is 7.95. The summed E-state index contributed by atoms with van der Waals surface area (Å²) in [5, 5.41) is 0.977. The molecule has 1 aromatic carbocycles. The van der Waals surface area contributed by atoms with Crippen molar-refractivity contribution in [3.05, 3.63) is 58.1 Å². The molecule has 2 aromatic rings. The first-order chi connectivity index (χ1) is 8.15. The zero-order chi connectivity index (χ0) is 12.3. The van der Waals surface area contributed by atoms with Crippen molar-refractivity contribution >= 4 is 35.0 Å². The summed E-state index contributed by atoms with van der Waals surface area (Å²) >= 11 is 13.3. The molecule has 0 amide bonds. The summed E-state index contributed by atoms with van der Waals surface area (Å²) in [6.07, 6.45) is 1.65. The fourth-order valence-electron chi connectivity index (χ4n) is 1.23. The molecule has 88 valence electrons. The highest BCUT2D eigenvalue weighted by molar-refractivity contribution is 7.98. The lowest BCUT2D eigenvalue weighted by Crippen LogP contribution is -1.86. The lowest BCUT2D eigenvalue weighted by molar-refractivity contribution is 0.626. The van der Waals surface area contributed by atoms with E-state index in [-0.39, 0.29) is 5.82 Å². The Morgan fingerprint density at radius 1 is 1.18 bits per heavy atom. The van der Waals surface area contributed by atoms with Crippen LogP contribution in [0, 0.1) is 5.82 Å². The zero-order valence-electron chi connectivity index (χ0n) is 8.66. The van der Waals surface area contributed by atoms with Crippen molar-refractivity contribution in [2.24, 2.45) is 0 Å². The summed E-state index contributed by atoms with van der Waals surface area (Å²) in [6.45, 7) is 0. The number of pyridine rings is 1. The van der Waals surface area contributed by atoms with E-state index in [1.165, 1.54) is 12.1 Å². The van der Waals surface area contributed by atoms with Gasteiger partial charge < -0.3 is 0 Å². The van der Waals surface area contributed by atoms with E-state index in [2.05, 4.69) is 4.98 Å². The number of thioether (sulfide) groups is 1. The maximum absolute atomic E-state index is 12.7. The Morgan fingerprint density at radius 3 is 2.53 bits per heavy atom. The maximum atomic E-state index is 12.7. The average Bonchev–Trinajstić information content (AvgIpc) is 2.30. The van der Waals surface area contributed by atoms with Crippen molar-refractivity contribution < 1.29 is 4.39 Å². The minimum absolute atomic E-state index is 0.236. The number of hydrogen-bond donors (Lipinski definition) is 0. The lowest BCUT2D eigenvalue weighted by Gasteiger charge is -2.04. The number of rotatable bonds is 3. The minimum atomic E-state index is -0.236. The number of halogens is 3. The van der Waals surface area contributed by atoms with Gasteiger partial charge >= 0.3 is 0 Å². The summed E-state index contributed by atoms with van der Waals surface area (Å²) in [5.41, 5.74) is 0.908. The van der Waals surface area contributed by atoms with Crippen LogP contribution >= 0.6 is 35.0 Å². The second-order valence-corrected chi connectivity index (χ2v) is 5.18. The number of nitrogens with zero attached hydrogens (tertiary/aromatic N) is 1. The SMILES string of the molecule is Fc1ccc(SCc2cnc(Cl)cc2Cl)cc1. The fourth-order valence-corrected chi connectivity index (χ4v) is 2.63. The van der Waals surface area contributed by atoms with Gasteiger partial charge in [-0.2, -0.15) is 0 Å². The van der Waals surface area contributed by atoms with Gasteiger partial charge in [-0.05, 0) is 35.9 Å². The van der Waals surface area contributed by atoms with Gasteiger partial charge in [0.25, 0.3) is 0 Å². The molecule has 0 aliphatic carbocycles. The molecule has 17 heavy (non-hydrogen) atoms. The highest BCUT2D eigenvalue weighted by Crippen LogP contribution is 2.27. The van der Waals surface area contributed by atoms with Crippen LogP contribution in [-0.4, -0.2) is 4.98 Å². The molecule has 0 aliphatic heterocycles. The van der Waals surface area contributed by atoms with Gasteiger partial charge in [-0.1, -0.05) is 23.2 Å². The Balaban J connectivity index is 2.04. The van der Waals surface area contributed by atoms with Gasteiger partial charge in [0.2, 0.25) is 0 Å². The standard InChI is InChI=1S/C12H8Cl2FNS/c13-11-5-12(14)16-6-8(11)7-17-10-3-1-9(15)2-4-10/h1-6H,7H2. The third-order valence-corrected chi connectivity index (χ3v) is 3.72. The number of benzene rings is 1. The second kappa shape index (κ2) is 5.71. The van der Waals surface area contributed by atoms with Crippen molar-refractivity contribution in [3.63, 3.8) is 0 Å². The van der Waals surface area contributed by atoms with Gasteiger partial charge in [-0.3, -0.25) is 0 Å². The zero-order valence-corrected chi connectivity index (χ0v) is 11.0. The molecular formula is C12H8Cl2FNS. The number of aromatic nitrogens is 1. The van der Waals surface area contributed by atoms with Crippen molar-refractivity contribution in [2.45, 2.75) is 10.6 Å². The molecule has 2 rings (SSSR count). The monoisotopic (exact) mass is 287 g/mol. The van der Waals surface area contributed by atoms with Crippen molar-refractivity contribution in [1.29, 1.82) is 0 Å². The number of hydrogen-bond acceptors (Lipinski definition) is 2. The van der Waals surface area contributed by atoms with Gasteiger partial charge in [0, 0.05) is 21.9 Å². The predicted octanol–water partition coefficient (Wildman–Crippen LogP) is 4.82. The van der Waals surface area contributed by atoms with E-state index >= 15 is 0 Å². The van der Waals surface area contributed by atoms with Gasteiger partial charge in [-0.15, -0.1) is 11.8 Å². The van der Waals surface area contributed by atoms with E-state index in [4.69, 9.17) is 23.2 Å². The first-order valence-corrected chi connectivity index (χ1v) is 6.57. The highest BCUT2D eigenvalue weighted by atomic mass is 35.5. The van der Waals surface area contributed by atoms with Gasteiger partial charge in [0.15, 0.2) is 0 Å². The summed E-state index contributed by atoms with van der Waals surface area (Å²) in [7, 11) is 0. The van der Waals surface area contributed by atoms with E-state index in [1.54, 1.807) is 36.2 Å². The Hall–Kier alpha value is -0.770. The van der Waals surface area contributed by atoms with E-state index in [0.29, 0.717) is 15.9 Å². The smallest absolute Gasteiger partial charge is 0.130 e. The molecule has 0 radical (unpaired) electrons. The van der Waals surface area contributed by atoms with Gasteiger partial charge in [0.05, 0.1) is 0 Å². The summed E-state index contributed by atoms with van der Waals surface area (Å²) in [5.74, 6) is 0.440. The molecule has 0 saturated heterocycles. The molecule has 0 spiro atoms. The molecule has 1 nitrogen and oxygen atoms in total. The molecule has 0 bridgehead atoms. The first-order valence-electron chi connectivity index (χ1n) is 4.83. The molecule has 1 aromatic heterocycles. The molecule has 0 saturated carbocycles. The topological polar surface area (TPSA) is 12.9 Å². The molecule has 0 fully saturated rings. The molecule has 0 atom stereocenters. The van der Waals surface area contributed by atoms with Crippen molar-refractivity contribution in [3.8, 4) is 0 Å². The third kappa shape index (κ3) is 3.60. The molecule has 5 heteroatoms. The van der Waals surface area contributed by atoms with Crippen LogP contribution in [0.15, 0.2) is 41.4 Å². The van der Waals surface area contributed by atoms with E-state index in [9.17, 15) is 4.39 Å². The Labute approximate surface area is 113 Å². The lowest BCUT2D eigenvalue weighted by atomic mass is 10.3. The third-order valence-electron chi connectivity index (χ3n) is 2.10. The predicted molar refractivity (Wildman–Crippen MR) is 70.2 cm³/mol. The Morgan fingerprint density at radius 2 is 1.88 bits per heavy atom. The summed E-state index contributed by atoms with van der Waals surface area (Å²) < 4.78 is 12.7. The van der Waals surface area contributed by atoms with E-state index in [1.807, 2.05) is 0 Å². The quantitative estimate of drug-likeness (QED) is 0.593. The van der Waals surface area contributed by atoms with Crippen LogP contribution < -0.4 is 0 Å². The maximum Gasteiger partial charge on any atom is 0.130 e. The molecular weight excluding hydrogens is 280 g/mol. The van der Waals surface area contributed by atoms with E-state index < -0.39 is 0 Å². The Bertz CT molecular complexity index is 516. The Kier molecular flexibility index (Phi) is 4.26. The van der Waals surface area contributed by atoms with Crippen LogP contribution in [0.3, 0.4) is 0 Å². The molecule has 0 N–H and O–H groups in total. The fraction of sp³-hybridized carbons (Fsp3) is 0.0833. The first kappa shape index (κ1) is 12.7. The van der Waals surface area contributed by atoms with Crippen LogP contribution in [0.25, 0.3) is 0 Å². The van der Waals surface area contributed by atoms with Gasteiger partial charge in [0.1, 0.15) is 11.0 Å². The van der Waals surface area contributed by atoms with Crippen LogP contribution in [0.5, 0.6) is 0 Å². The average molecular weight is 288 g/mol. The van der Waals surface area contributed by atoms with Crippen molar-refractivity contribution in [1.82, 2.24) is 4.98 Å². The van der Waals surface area contributed by atoms with Crippen LogP contribution in [0.1, 0.15) is 5.56 Å². The molecule has 0 unspecified atom stereocenters. The van der Waals surface area contributed by atoms with E-state index in [0.717, 1.165) is 10.5 Å². The van der Waals surface area contributed by atoms with Crippen LogP contribution in [-0.2, 0) is 5.75 Å². The highest BCUT2D eigenvalue weighted by Gasteiger charge is 2.03. The van der Waals surface area contributed by atoms with Crippen LogP contribution in [0.2, 0.25) is 10.2 Å². The minimum Gasteiger partial charge on any atom is -0.244 e. The van der Waals surface area contributed by atoms with Gasteiger partial charge in [-0.25, -0.2) is 9.37 Å². The summed E-state index contributed by atoms with van der Waals surface area (Å²) in [4.78, 5) is 4.96. The normalized spacial score (nSPS) is 10.5. The molecule has 0 aliphatic rings. The van der Waals surface area contributed by atoms with Crippen LogP contribution in [0.4, 0.5) is 4.39 Å². The second-order valence-electron chi connectivity index (χ2n) is 3.34. The van der Waals surface area contributed by atoms with Crippen molar-refractivity contribution in [2.75, 3.05) is 0 Å².